The van der Waals surface area contributed by atoms with Crippen molar-refractivity contribution in [3.8, 4) is 0 Å². The zero-order valence-electron chi connectivity index (χ0n) is 14.5. The number of morpholine rings is 1. The van der Waals surface area contributed by atoms with Crippen LogP contribution in [0.25, 0.3) is 0 Å². The number of nitrogens with one attached hydrogen (secondary N) is 2. The van der Waals surface area contributed by atoms with Gasteiger partial charge in [0.1, 0.15) is 0 Å². The Morgan fingerprint density at radius 3 is 2.74 bits per heavy atom. The molecule has 1 aliphatic rings. The molecule has 2 heterocycles. The molecule has 0 aliphatic carbocycles. The Hall–Kier alpha value is -1.18. The van der Waals surface area contributed by atoms with Crippen LogP contribution in [0.2, 0.25) is 0 Å². The van der Waals surface area contributed by atoms with Crippen molar-refractivity contribution in [2.45, 2.75) is 27.2 Å². The van der Waals surface area contributed by atoms with E-state index in [4.69, 9.17) is 4.74 Å². The fourth-order valence-corrected chi connectivity index (χ4v) is 3.34. The van der Waals surface area contributed by atoms with Gasteiger partial charge in [-0.05, 0) is 20.8 Å². The maximum atomic E-state index is 5.36. The molecular formula is C16H29N5OS. The van der Waals surface area contributed by atoms with Gasteiger partial charge in [0.05, 0.1) is 30.5 Å². The lowest BCUT2D eigenvalue weighted by atomic mass is 10.4. The smallest absolute Gasteiger partial charge is 0.191 e. The number of hydrogen-bond donors (Lipinski definition) is 2. The van der Waals surface area contributed by atoms with Crippen molar-refractivity contribution in [3.05, 3.63) is 15.6 Å². The highest BCUT2D eigenvalue weighted by Gasteiger charge is 2.09. The van der Waals surface area contributed by atoms with Crippen molar-refractivity contribution >= 4 is 17.3 Å². The number of guanidine groups is 1. The van der Waals surface area contributed by atoms with Crippen molar-refractivity contribution in [3.63, 3.8) is 0 Å². The lowest BCUT2D eigenvalue weighted by Crippen LogP contribution is -2.40. The Bertz CT molecular complexity index is 477. The number of aliphatic imine (C=N–C) groups is 1. The molecule has 0 aromatic carbocycles. The molecule has 23 heavy (non-hydrogen) atoms. The molecule has 2 rings (SSSR count). The van der Waals surface area contributed by atoms with Gasteiger partial charge in [0.15, 0.2) is 5.96 Å². The van der Waals surface area contributed by atoms with Gasteiger partial charge in [-0.3, -0.25) is 9.89 Å². The van der Waals surface area contributed by atoms with Gasteiger partial charge in [-0.15, -0.1) is 11.3 Å². The highest BCUT2D eigenvalue weighted by molar-refractivity contribution is 7.11. The molecule has 2 N–H and O–H groups in total. The second-order valence-electron chi connectivity index (χ2n) is 5.64. The molecule has 0 bridgehead atoms. The van der Waals surface area contributed by atoms with Crippen LogP contribution in [-0.4, -0.2) is 68.3 Å². The Morgan fingerprint density at radius 2 is 2.09 bits per heavy atom. The predicted molar refractivity (Wildman–Crippen MR) is 96.5 cm³/mol. The van der Waals surface area contributed by atoms with E-state index < -0.39 is 0 Å². The van der Waals surface area contributed by atoms with Gasteiger partial charge in [-0.1, -0.05) is 0 Å². The van der Waals surface area contributed by atoms with Crippen LogP contribution in [0.1, 0.15) is 22.5 Å². The molecule has 0 saturated carbocycles. The number of nitrogens with zero attached hydrogens (tertiary/aromatic N) is 3. The van der Waals surface area contributed by atoms with Crippen molar-refractivity contribution in [1.29, 1.82) is 0 Å². The molecule has 0 unspecified atom stereocenters. The van der Waals surface area contributed by atoms with E-state index in [1.807, 2.05) is 0 Å². The normalized spacial score (nSPS) is 16.6. The molecule has 6 nitrogen and oxygen atoms in total. The van der Waals surface area contributed by atoms with E-state index in [2.05, 4.69) is 46.3 Å². The molecule has 0 atom stereocenters. The second kappa shape index (κ2) is 9.85. The third kappa shape index (κ3) is 6.45. The first-order valence-electron chi connectivity index (χ1n) is 8.44. The topological polar surface area (TPSA) is 61.8 Å². The van der Waals surface area contributed by atoms with Crippen LogP contribution in [0.15, 0.2) is 4.99 Å². The zero-order chi connectivity index (χ0) is 16.5. The first-order valence-corrected chi connectivity index (χ1v) is 9.26. The maximum absolute atomic E-state index is 5.36. The summed E-state index contributed by atoms with van der Waals surface area (Å²) in [6, 6.07) is 0. The second-order valence-corrected chi connectivity index (χ2v) is 6.93. The Morgan fingerprint density at radius 1 is 1.30 bits per heavy atom. The molecular weight excluding hydrogens is 310 g/mol. The minimum Gasteiger partial charge on any atom is -0.379 e. The standard InChI is InChI=1S/C16H29N5OS/c1-4-17-16(19-7-8-21-9-11-22-12-10-21)18-6-5-15-20-13(2)14(3)23-15/h4-12H2,1-3H3,(H2,17,18,19). The van der Waals surface area contributed by atoms with Crippen molar-refractivity contribution in [2.75, 3.05) is 52.5 Å². The first-order chi connectivity index (χ1) is 11.2. The molecule has 0 amide bonds. The fourth-order valence-electron chi connectivity index (χ4n) is 2.40. The highest BCUT2D eigenvalue weighted by atomic mass is 32.1. The Kier molecular flexibility index (Phi) is 7.78. The van der Waals surface area contributed by atoms with Crippen LogP contribution >= 0.6 is 11.3 Å². The summed E-state index contributed by atoms with van der Waals surface area (Å²) in [5, 5.41) is 7.89. The summed E-state index contributed by atoms with van der Waals surface area (Å²) in [6.07, 6.45) is 0.938. The molecule has 7 heteroatoms. The summed E-state index contributed by atoms with van der Waals surface area (Å²) in [5.41, 5.74) is 1.15. The number of hydrogen-bond acceptors (Lipinski definition) is 5. The van der Waals surface area contributed by atoms with Crippen LogP contribution < -0.4 is 10.6 Å². The number of thiazole rings is 1. The molecule has 130 valence electrons. The van der Waals surface area contributed by atoms with Gasteiger partial charge >= 0.3 is 0 Å². The molecule has 1 saturated heterocycles. The SMILES string of the molecule is CCNC(=NCCN1CCOCC1)NCCc1nc(C)c(C)s1. The highest BCUT2D eigenvalue weighted by Crippen LogP contribution is 2.16. The molecule has 1 aromatic rings. The zero-order valence-corrected chi connectivity index (χ0v) is 15.3. The van der Waals surface area contributed by atoms with Crippen molar-refractivity contribution < 1.29 is 4.74 Å². The van der Waals surface area contributed by atoms with E-state index in [1.165, 1.54) is 9.88 Å². The lowest BCUT2D eigenvalue weighted by molar-refractivity contribution is 0.0394. The van der Waals surface area contributed by atoms with E-state index in [9.17, 15) is 0 Å². The Balaban J connectivity index is 1.72. The number of ether oxygens (including phenoxy) is 1. The third-order valence-electron chi connectivity index (χ3n) is 3.84. The van der Waals surface area contributed by atoms with Crippen LogP contribution in [0.4, 0.5) is 0 Å². The van der Waals surface area contributed by atoms with E-state index in [1.54, 1.807) is 11.3 Å². The number of aryl methyl sites for hydroxylation is 2. The van der Waals surface area contributed by atoms with Gasteiger partial charge in [-0.2, -0.15) is 0 Å². The Labute approximate surface area is 143 Å². The number of aromatic nitrogens is 1. The average molecular weight is 340 g/mol. The van der Waals surface area contributed by atoms with Gasteiger partial charge in [-0.25, -0.2) is 4.98 Å². The van der Waals surface area contributed by atoms with E-state index in [-0.39, 0.29) is 0 Å². The van der Waals surface area contributed by atoms with Crippen molar-refractivity contribution in [1.82, 2.24) is 20.5 Å². The van der Waals surface area contributed by atoms with Crippen LogP contribution in [0, 0.1) is 13.8 Å². The summed E-state index contributed by atoms with van der Waals surface area (Å²) < 4.78 is 5.36. The summed E-state index contributed by atoms with van der Waals surface area (Å²) in [5.74, 6) is 0.894. The molecule has 0 radical (unpaired) electrons. The predicted octanol–water partition coefficient (Wildman–Crippen LogP) is 1.19. The van der Waals surface area contributed by atoms with Gasteiger partial charge < -0.3 is 15.4 Å². The van der Waals surface area contributed by atoms with E-state index in [0.717, 1.165) is 70.6 Å². The maximum Gasteiger partial charge on any atom is 0.191 e. The average Bonchev–Trinajstić information content (AvgIpc) is 2.86. The lowest BCUT2D eigenvalue weighted by Gasteiger charge is -2.25. The van der Waals surface area contributed by atoms with Gasteiger partial charge in [0.2, 0.25) is 0 Å². The summed E-state index contributed by atoms with van der Waals surface area (Å²) in [7, 11) is 0. The number of rotatable bonds is 7. The monoisotopic (exact) mass is 339 g/mol. The van der Waals surface area contributed by atoms with Gasteiger partial charge in [0.25, 0.3) is 0 Å². The van der Waals surface area contributed by atoms with Crippen LogP contribution in [0.5, 0.6) is 0 Å². The molecule has 1 aliphatic heterocycles. The summed E-state index contributed by atoms with van der Waals surface area (Å²) in [4.78, 5) is 12.9. The summed E-state index contributed by atoms with van der Waals surface area (Å²) >= 11 is 1.79. The molecule has 1 fully saturated rings. The minimum atomic E-state index is 0.810. The third-order valence-corrected chi connectivity index (χ3v) is 4.97. The quantitative estimate of drug-likeness (QED) is 0.577. The molecule has 0 spiro atoms. The van der Waals surface area contributed by atoms with Crippen LogP contribution in [-0.2, 0) is 11.2 Å². The van der Waals surface area contributed by atoms with Crippen molar-refractivity contribution in [2.24, 2.45) is 4.99 Å². The first kappa shape index (κ1) is 18.2. The largest absolute Gasteiger partial charge is 0.379 e. The summed E-state index contributed by atoms with van der Waals surface area (Å²) in [6.45, 7) is 13.5. The minimum absolute atomic E-state index is 0.810. The van der Waals surface area contributed by atoms with Crippen LogP contribution in [0.3, 0.4) is 0 Å². The van der Waals surface area contributed by atoms with E-state index >= 15 is 0 Å². The van der Waals surface area contributed by atoms with E-state index in [0.29, 0.717) is 0 Å². The van der Waals surface area contributed by atoms with Gasteiger partial charge in [0, 0.05) is 44.0 Å². The molecule has 1 aromatic heterocycles. The fraction of sp³-hybridized carbons (Fsp3) is 0.750.